The summed E-state index contributed by atoms with van der Waals surface area (Å²) in [6.07, 6.45) is 0.0973. The molecule has 1 aromatic rings. The number of benzene rings is 1. The molecule has 0 aliphatic rings. The van der Waals surface area contributed by atoms with Gasteiger partial charge in [-0.1, -0.05) is 17.7 Å². The highest BCUT2D eigenvalue weighted by Crippen LogP contribution is 2.30. The number of rotatable bonds is 4. The van der Waals surface area contributed by atoms with Crippen molar-refractivity contribution in [1.82, 2.24) is 4.31 Å². The third-order valence-electron chi connectivity index (χ3n) is 2.64. The van der Waals surface area contributed by atoms with Crippen LogP contribution in [0.5, 0.6) is 0 Å². The molecule has 2 N–H and O–H groups in total. The molecule has 1 atom stereocenters. The minimum atomic E-state index is -3.80. The summed E-state index contributed by atoms with van der Waals surface area (Å²) in [6.45, 7) is 1.65. The number of hydrogen-bond donors (Lipinski definition) is 1. The van der Waals surface area contributed by atoms with Gasteiger partial charge in [0.05, 0.1) is 23.2 Å². The van der Waals surface area contributed by atoms with E-state index in [0.717, 1.165) is 4.31 Å². The highest BCUT2D eigenvalue weighted by atomic mass is 35.5. The maximum Gasteiger partial charge on any atom is 0.246 e. The van der Waals surface area contributed by atoms with Gasteiger partial charge < -0.3 is 5.73 Å². The highest BCUT2D eigenvalue weighted by molar-refractivity contribution is 7.89. The fourth-order valence-corrected chi connectivity index (χ4v) is 3.43. The number of nitriles is 1. The Morgan fingerprint density at radius 2 is 2.17 bits per heavy atom. The molecule has 0 saturated carbocycles. The van der Waals surface area contributed by atoms with Crippen molar-refractivity contribution in [2.75, 3.05) is 12.8 Å². The lowest BCUT2D eigenvalue weighted by Gasteiger charge is -2.23. The third-order valence-corrected chi connectivity index (χ3v) is 5.16. The second kappa shape index (κ2) is 5.57. The Balaban J connectivity index is 3.27. The van der Waals surface area contributed by atoms with Crippen LogP contribution in [0.4, 0.5) is 5.69 Å². The maximum absolute atomic E-state index is 12.3. The lowest BCUT2D eigenvalue weighted by molar-refractivity contribution is 0.393. The van der Waals surface area contributed by atoms with Gasteiger partial charge in [-0.15, -0.1) is 0 Å². The molecule has 18 heavy (non-hydrogen) atoms. The third kappa shape index (κ3) is 2.75. The zero-order valence-corrected chi connectivity index (χ0v) is 11.7. The van der Waals surface area contributed by atoms with Gasteiger partial charge in [-0.25, -0.2) is 8.42 Å². The van der Waals surface area contributed by atoms with Crippen molar-refractivity contribution in [2.24, 2.45) is 0 Å². The number of anilines is 1. The number of sulfonamides is 1. The van der Waals surface area contributed by atoms with Gasteiger partial charge in [0.2, 0.25) is 10.0 Å². The zero-order valence-electron chi connectivity index (χ0n) is 10.1. The molecule has 1 aromatic carbocycles. The molecule has 0 fully saturated rings. The largest absolute Gasteiger partial charge is 0.398 e. The molecule has 5 nitrogen and oxygen atoms in total. The predicted octanol–water partition coefficient (Wildman–Crippen LogP) is 1.84. The molecule has 0 amide bonds. The highest BCUT2D eigenvalue weighted by Gasteiger charge is 2.29. The molecule has 1 rings (SSSR count). The Morgan fingerprint density at radius 3 is 2.67 bits per heavy atom. The summed E-state index contributed by atoms with van der Waals surface area (Å²) >= 11 is 5.89. The molecule has 0 aliphatic carbocycles. The summed E-state index contributed by atoms with van der Waals surface area (Å²) in [5.74, 6) is 0. The SMILES string of the molecule is CC(CC#N)N(C)S(=O)(=O)c1c(N)cccc1Cl. The maximum atomic E-state index is 12.3. The Kier molecular flexibility index (Phi) is 4.57. The lowest BCUT2D eigenvalue weighted by atomic mass is 10.3. The molecule has 0 radical (unpaired) electrons. The van der Waals surface area contributed by atoms with E-state index in [-0.39, 0.29) is 22.0 Å². The van der Waals surface area contributed by atoms with Crippen LogP contribution < -0.4 is 5.73 Å². The molecule has 0 aromatic heterocycles. The molecular formula is C11H14ClN3O2S. The van der Waals surface area contributed by atoms with Crippen LogP contribution in [0.3, 0.4) is 0 Å². The summed E-state index contributed by atoms with van der Waals surface area (Å²) in [4.78, 5) is -0.112. The minimum Gasteiger partial charge on any atom is -0.398 e. The second-order valence-corrected chi connectivity index (χ2v) is 6.23. The molecule has 0 bridgehead atoms. The molecule has 0 aliphatic heterocycles. The van der Waals surface area contributed by atoms with Crippen molar-refractivity contribution in [1.29, 1.82) is 5.26 Å². The molecular weight excluding hydrogens is 274 g/mol. The standard InChI is InChI=1S/C11H14ClN3O2S/c1-8(6-7-13)15(2)18(16,17)11-9(12)4-3-5-10(11)14/h3-5,8H,6,14H2,1-2H3. The van der Waals surface area contributed by atoms with Crippen LogP contribution in [0.25, 0.3) is 0 Å². The van der Waals surface area contributed by atoms with Crippen LogP contribution in [0.15, 0.2) is 23.1 Å². The fraction of sp³-hybridized carbons (Fsp3) is 0.364. The van der Waals surface area contributed by atoms with E-state index >= 15 is 0 Å². The van der Waals surface area contributed by atoms with E-state index in [1.807, 2.05) is 6.07 Å². The molecule has 7 heteroatoms. The molecule has 0 heterocycles. The van der Waals surface area contributed by atoms with Crippen molar-refractivity contribution in [3.8, 4) is 6.07 Å². The van der Waals surface area contributed by atoms with Gasteiger partial charge in [0.15, 0.2) is 0 Å². The number of halogens is 1. The number of hydrogen-bond acceptors (Lipinski definition) is 4. The van der Waals surface area contributed by atoms with Crippen LogP contribution in [-0.4, -0.2) is 25.8 Å². The Hall–Kier alpha value is -1.29. The summed E-state index contributed by atoms with van der Waals surface area (Å²) in [5, 5.41) is 8.68. The van der Waals surface area contributed by atoms with E-state index in [1.165, 1.54) is 19.2 Å². The quantitative estimate of drug-likeness (QED) is 0.856. The van der Waals surface area contributed by atoms with E-state index in [1.54, 1.807) is 13.0 Å². The predicted molar refractivity (Wildman–Crippen MR) is 70.5 cm³/mol. The summed E-state index contributed by atoms with van der Waals surface area (Å²) in [7, 11) is -2.39. The first kappa shape index (κ1) is 14.8. The first-order valence-corrected chi connectivity index (χ1v) is 7.03. The van der Waals surface area contributed by atoms with Crippen LogP contribution in [0, 0.1) is 11.3 Å². The number of nitrogen functional groups attached to an aromatic ring is 1. The Labute approximate surface area is 112 Å². The molecule has 98 valence electrons. The summed E-state index contributed by atoms with van der Waals surface area (Å²) < 4.78 is 25.8. The topological polar surface area (TPSA) is 87.2 Å². The lowest BCUT2D eigenvalue weighted by Crippen LogP contribution is -2.35. The van der Waals surface area contributed by atoms with Gasteiger partial charge in [0.25, 0.3) is 0 Å². The summed E-state index contributed by atoms with van der Waals surface area (Å²) in [5.41, 5.74) is 5.76. The van der Waals surface area contributed by atoms with Crippen molar-refractivity contribution in [3.05, 3.63) is 23.2 Å². The van der Waals surface area contributed by atoms with Gasteiger partial charge in [-0.2, -0.15) is 9.57 Å². The van der Waals surface area contributed by atoms with E-state index < -0.39 is 16.1 Å². The Morgan fingerprint density at radius 1 is 1.56 bits per heavy atom. The fourth-order valence-electron chi connectivity index (χ4n) is 1.44. The van der Waals surface area contributed by atoms with Gasteiger partial charge in [-0.05, 0) is 19.1 Å². The normalized spacial score (nSPS) is 13.3. The zero-order chi connectivity index (χ0) is 13.9. The van der Waals surface area contributed by atoms with E-state index in [4.69, 9.17) is 22.6 Å². The van der Waals surface area contributed by atoms with E-state index in [9.17, 15) is 8.42 Å². The van der Waals surface area contributed by atoms with E-state index in [0.29, 0.717) is 0 Å². The molecule has 1 unspecified atom stereocenters. The van der Waals surface area contributed by atoms with Crippen molar-refractivity contribution in [2.45, 2.75) is 24.3 Å². The number of nitrogens with two attached hydrogens (primary N) is 1. The minimum absolute atomic E-state index is 0.0750. The number of nitrogens with zero attached hydrogens (tertiary/aromatic N) is 2. The second-order valence-electron chi connectivity index (χ2n) is 3.89. The van der Waals surface area contributed by atoms with Crippen LogP contribution in [-0.2, 0) is 10.0 Å². The van der Waals surface area contributed by atoms with Gasteiger partial charge in [0.1, 0.15) is 4.90 Å². The van der Waals surface area contributed by atoms with Crippen LogP contribution in [0.2, 0.25) is 5.02 Å². The van der Waals surface area contributed by atoms with E-state index in [2.05, 4.69) is 0 Å². The van der Waals surface area contributed by atoms with Crippen molar-refractivity contribution < 1.29 is 8.42 Å². The monoisotopic (exact) mass is 287 g/mol. The van der Waals surface area contributed by atoms with Gasteiger partial charge in [-0.3, -0.25) is 0 Å². The first-order chi connectivity index (χ1) is 8.32. The van der Waals surface area contributed by atoms with Gasteiger partial charge >= 0.3 is 0 Å². The van der Waals surface area contributed by atoms with Crippen molar-refractivity contribution >= 4 is 27.3 Å². The average molecular weight is 288 g/mol. The average Bonchev–Trinajstić information content (AvgIpc) is 2.27. The molecule has 0 spiro atoms. The van der Waals surface area contributed by atoms with Crippen molar-refractivity contribution in [3.63, 3.8) is 0 Å². The first-order valence-electron chi connectivity index (χ1n) is 5.21. The Bertz CT molecular complexity index is 560. The summed E-state index contributed by atoms with van der Waals surface area (Å²) in [6, 6.07) is 6.00. The van der Waals surface area contributed by atoms with Gasteiger partial charge in [0, 0.05) is 13.1 Å². The van der Waals surface area contributed by atoms with Crippen LogP contribution >= 0.6 is 11.6 Å². The molecule has 0 saturated heterocycles. The smallest absolute Gasteiger partial charge is 0.246 e. The van der Waals surface area contributed by atoms with Crippen LogP contribution in [0.1, 0.15) is 13.3 Å².